The number of hydrogen-bond acceptors (Lipinski definition) is 2. The monoisotopic (exact) mass is 1130 g/mol. The topological polar surface area (TPSA) is 34.1 Å². The fourth-order valence-corrected chi connectivity index (χ4v) is 16.1. The van der Waals surface area contributed by atoms with Crippen molar-refractivity contribution in [2.45, 2.75) is 250 Å². The first kappa shape index (κ1) is 59.8. The Morgan fingerprint density at radius 3 is 0.850 bits per heavy atom. The summed E-state index contributed by atoms with van der Waals surface area (Å²) in [6.45, 7) is 14.2. The Hall–Kier alpha value is -4.86. The molecule has 0 spiro atoms. The van der Waals surface area contributed by atoms with Crippen molar-refractivity contribution in [2.75, 3.05) is 0 Å². The zero-order valence-corrected chi connectivity index (χ0v) is 52.0. The molecule has 9 rings (SSSR count). The summed E-state index contributed by atoms with van der Waals surface area (Å²) in [6.07, 6.45) is 38.7. The van der Waals surface area contributed by atoms with E-state index in [-0.39, 0.29) is 16.2 Å². The van der Waals surface area contributed by atoms with E-state index in [1.54, 1.807) is 50.1 Å². The third kappa shape index (κ3) is 11.7. The van der Waals surface area contributed by atoms with Gasteiger partial charge in [0.2, 0.25) is 0 Å². The van der Waals surface area contributed by atoms with Crippen LogP contribution in [-0.2, 0) is 16.2 Å². The fourth-order valence-electron chi connectivity index (χ4n) is 15.8. The molecule has 0 saturated heterocycles. The highest BCUT2D eigenvalue weighted by Gasteiger charge is 2.57. The Morgan fingerprint density at radius 1 is 0.312 bits per heavy atom. The largest absolute Gasteiger partial charge is 0.298 e. The van der Waals surface area contributed by atoms with Crippen molar-refractivity contribution in [3.63, 3.8) is 0 Å². The van der Waals surface area contributed by atoms with E-state index < -0.39 is 0 Å². The molecule has 0 heterocycles. The van der Waals surface area contributed by atoms with Crippen molar-refractivity contribution in [1.29, 1.82) is 0 Å². The van der Waals surface area contributed by atoms with Crippen LogP contribution < -0.4 is 0 Å². The number of benzene rings is 6. The van der Waals surface area contributed by atoms with E-state index in [1.807, 2.05) is 24.3 Å². The van der Waals surface area contributed by atoms with Gasteiger partial charge in [0.05, 0.1) is 0 Å². The van der Waals surface area contributed by atoms with Crippen molar-refractivity contribution in [3.05, 3.63) is 152 Å². The van der Waals surface area contributed by atoms with Crippen molar-refractivity contribution >= 4 is 28.5 Å². The van der Waals surface area contributed by atoms with Crippen LogP contribution in [-0.4, -0.2) is 12.6 Å². The number of rotatable bonds is 34. The highest BCUT2D eigenvalue weighted by atomic mass is 79.9. The molecule has 0 atom stereocenters. The van der Waals surface area contributed by atoms with E-state index in [4.69, 9.17) is 0 Å². The molecule has 3 aliphatic carbocycles. The van der Waals surface area contributed by atoms with Gasteiger partial charge in [0, 0.05) is 31.8 Å². The number of carbonyl (C=O) groups excluding carboxylic acids is 2. The number of carbonyl (C=O) groups is 2. The van der Waals surface area contributed by atoms with Crippen LogP contribution in [0.4, 0.5) is 0 Å². The van der Waals surface area contributed by atoms with Gasteiger partial charge in [0.1, 0.15) is 12.6 Å². The first-order chi connectivity index (χ1) is 39.2. The Kier molecular flexibility index (Phi) is 20.9. The average molecular weight is 1130 g/mol. The van der Waals surface area contributed by atoms with Gasteiger partial charge in [-0.1, -0.05) is 290 Å². The number of fused-ring (bicyclic) bond motifs is 12. The minimum absolute atomic E-state index is 0.146. The number of halogens is 1. The molecule has 0 unspecified atom stereocenters. The third-order valence-corrected chi connectivity index (χ3v) is 20.3. The summed E-state index contributed by atoms with van der Waals surface area (Å²) in [5, 5.41) is 0. The molecule has 6 aromatic rings. The first-order valence-corrected chi connectivity index (χ1v) is 33.5. The highest BCUT2D eigenvalue weighted by Crippen LogP contribution is 2.72. The lowest BCUT2D eigenvalue weighted by atomic mass is 9.63. The molecule has 0 N–H and O–H groups in total. The summed E-state index contributed by atoms with van der Waals surface area (Å²) < 4.78 is 1.20. The van der Waals surface area contributed by atoms with Crippen molar-refractivity contribution in [2.24, 2.45) is 0 Å². The molecule has 2 nitrogen and oxygen atoms in total. The van der Waals surface area contributed by atoms with Gasteiger partial charge in [-0.15, -0.1) is 0 Å². The fraction of sp³-hybridized carbons (Fsp3) is 0.506. The highest BCUT2D eigenvalue weighted by molar-refractivity contribution is 9.10. The molecule has 0 radical (unpaired) electrons. The molecule has 0 aromatic heterocycles. The molecule has 3 heteroatoms. The van der Waals surface area contributed by atoms with E-state index in [9.17, 15) is 9.59 Å². The Bertz CT molecular complexity index is 2930. The standard InChI is InChI=1S/C77H97BrO2/c1-7-13-19-25-45-75(46-26-20-14-8-2)67-52-61(59-37-33-57(55-80)34-38-59)40-43-64(67)70-72(75)69-63-42-39-60(58-35-31-56(54-79)32-36-58)51-66(63)76(47-27-21-15-9-3,48-28-22-16-10-4)73(69)71-65-44-41-62(78)53-68(65)77(74(70)71,49-29-23-17-11-5)50-30-24-18-12-6/h31-44,51-55H,7-30,45-50H2,1-6H3. The maximum Gasteiger partial charge on any atom is 0.150 e. The average Bonchev–Trinajstić information content (AvgIpc) is 4.01. The van der Waals surface area contributed by atoms with Crippen LogP contribution in [0.15, 0.2) is 108 Å². The molecule has 0 aliphatic heterocycles. The van der Waals surface area contributed by atoms with Gasteiger partial charge in [-0.05, 0) is 152 Å². The molecule has 80 heavy (non-hydrogen) atoms. The second kappa shape index (κ2) is 27.9. The van der Waals surface area contributed by atoms with Crippen LogP contribution in [0.2, 0.25) is 0 Å². The van der Waals surface area contributed by atoms with Crippen LogP contribution in [0.5, 0.6) is 0 Å². The van der Waals surface area contributed by atoms with Gasteiger partial charge >= 0.3 is 0 Å². The molecule has 3 aliphatic rings. The number of unbranched alkanes of at least 4 members (excludes halogenated alkanes) is 18. The van der Waals surface area contributed by atoms with Gasteiger partial charge in [-0.3, -0.25) is 9.59 Å². The van der Waals surface area contributed by atoms with Gasteiger partial charge < -0.3 is 0 Å². The summed E-state index contributed by atoms with van der Waals surface area (Å²) >= 11 is 4.18. The molecule has 0 fully saturated rings. The quantitative estimate of drug-likeness (QED) is 0.0298. The first-order valence-electron chi connectivity index (χ1n) is 32.7. The number of hydrogen-bond donors (Lipinski definition) is 0. The van der Waals surface area contributed by atoms with Crippen LogP contribution in [0.1, 0.15) is 288 Å². The lowest BCUT2D eigenvalue weighted by molar-refractivity contribution is 0.111. The van der Waals surface area contributed by atoms with E-state index in [0.717, 1.165) is 49.4 Å². The Balaban J connectivity index is 1.49. The van der Waals surface area contributed by atoms with Crippen LogP contribution in [0.25, 0.3) is 55.6 Å². The SMILES string of the molecule is CCCCCCC1(CCCCCC)c2cc(Br)ccc2-c2c1c1c(c3c2C(CCCCCC)(CCCCCC)c2cc(-c4ccc(C=O)cc4)ccc2-3)C(CCCCCC)(CCCCCC)c2cc(-c3ccc(C=O)cc3)ccc2-1. The van der Waals surface area contributed by atoms with Crippen molar-refractivity contribution < 1.29 is 9.59 Å². The van der Waals surface area contributed by atoms with E-state index in [0.29, 0.717) is 0 Å². The van der Waals surface area contributed by atoms with E-state index in [2.05, 4.69) is 136 Å². The summed E-state index contributed by atoms with van der Waals surface area (Å²) in [4.78, 5) is 24.1. The smallest absolute Gasteiger partial charge is 0.150 e. The van der Waals surface area contributed by atoms with Gasteiger partial charge in [-0.25, -0.2) is 0 Å². The summed E-state index contributed by atoms with van der Waals surface area (Å²) in [5.74, 6) is 0. The third-order valence-electron chi connectivity index (χ3n) is 19.8. The minimum Gasteiger partial charge on any atom is -0.298 e. The van der Waals surface area contributed by atoms with Gasteiger partial charge in [0.15, 0.2) is 0 Å². The Morgan fingerprint density at radius 2 is 0.575 bits per heavy atom. The van der Waals surface area contributed by atoms with Gasteiger partial charge in [0.25, 0.3) is 0 Å². The molecule has 0 bridgehead atoms. The van der Waals surface area contributed by atoms with Crippen LogP contribution in [0, 0.1) is 0 Å². The lowest BCUT2D eigenvalue weighted by Crippen LogP contribution is -2.31. The van der Waals surface area contributed by atoms with E-state index in [1.165, 1.54) is 210 Å². The minimum atomic E-state index is -0.198. The van der Waals surface area contributed by atoms with E-state index >= 15 is 0 Å². The second-order valence-electron chi connectivity index (χ2n) is 25.1. The number of aldehydes is 2. The molecule has 424 valence electrons. The van der Waals surface area contributed by atoms with Crippen LogP contribution in [0.3, 0.4) is 0 Å². The predicted molar refractivity (Wildman–Crippen MR) is 347 cm³/mol. The Labute approximate surface area is 493 Å². The maximum atomic E-state index is 12.1. The van der Waals surface area contributed by atoms with Gasteiger partial charge in [-0.2, -0.15) is 0 Å². The normalized spacial score (nSPS) is 14.6. The molecule has 0 saturated carbocycles. The molecular weight excluding hydrogens is 1040 g/mol. The second-order valence-corrected chi connectivity index (χ2v) is 26.0. The molecule has 6 aromatic carbocycles. The van der Waals surface area contributed by atoms with Crippen LogP contribution >= 0.6 is 15.9 Å². The summed E-state index contributed by atoms with van der Waals surface area (Å²) in [7, 11) is 0. The molecular formula is C77H97BrO2. The predicted octanol–water partition coefficient (Wildman–Crippen LogP) is 24.0. The maximum absolute atomic E-state index is 12.1. The zero-order valence-electron chi connectivity index (χ0n) is 50.4. The molecule has 0 amide bonds. The lowest BCUT2D eigenvalue weighted by Gasteiger charge is -2.40. The summed E-state index contributed by atoms with van der Waals surface area (Å²) in [6, 6.07) is 39.8. The van der Waals surface area contributed by atoms with Crippen molar-refractivity contribution in [3.8, 4) is 55.6 Å². The van der Waals surface area contributed by atoms with Crippen molar-refractivity contribution in [1.82, 2.24) is 0 Å². The summed E-state index contributed by atoms with van der Waals surface area (Å²) in [5.41, 5.74) is 24.9. The zero-order chi connectivity index (χ0) is 56.1.